The fourth-order valence-electron chi connectivity index (χ4n) is 2.58. The predicted octanol–water partition coefficient (Wildman–Crippen LogP) is 1.38. The van der Waals surface area contributed by atoms with Crippen LogP contribution in [0.1, 0.15) is 37.7 Å². The Kier molecular flexibility index (Phi) is 5.34. The summed E-state index contributed by atoms with van der Waals surface area (Å²) in [4.78, 5) is 4.09. The van der Waals surface area contributed by atoms with Crippen molar-refractivity contribution in [1.29, 1.82) is 0 Å². The van der Waals surface area contributed by atoms with Gasteiger partial charge < -0.3 is 5.11 Å². The van der Waals surface area contributed by atoms with E-state index in [4.69, 9.17) is 5.11 Å². The third-order valence-electron chi connectivity index (χ3n) is 3.79. The maximum absolute atomic E-state index is 12.6. The summed E-state index contributed by atoms with van der Waals surface area (Å²) < 4.78 is 26.8. The lowest BCUT2D eigenvalue weighted by atomic mass is 9.96. The molecule has 1 aliphatic rings. The van der Waals surface area contributed by atoms with E-state index >= 15 is 0 Å². The average Bonchev–Trinajstić information content (AvgIpc) is 2.53. The zero-order chi connectivity index (χ0) is 15.3. The Morgan fingerprint density at radius 2 is 2.05 bits per heavy atom. The Morgan fingerprint density at radius 1 is 1.33 bits per heavy atom. The van der Waals surface area contributed by atoms with E-state index in [0.29, 0.717) is 5.56 Å². The molecule has 1 aliphatic carbocycles. The zero-order valence-corrected chi connectivity index (χ0v) is 12.9. The Morgan fingerprint density at radius 3 is 2.71 bits per heavy atom. The first-order valence-electron chi connectivity index (χ1n) is 7.08. The topological polar surface area (TPSA) is 70.5 Å². The van der Waals surface area contributed by atoms with E-state index < -0.39 is 10.0 Å². The molecule has 6 heteroatoms. The number of aromatic nitrogens is 1. The standard InChI is InChI=1S/C15H20N2O3S/c1-17(14-7-3-2-4-8-14)21(19,20)15-10-13(6-5-9-18)11-16-12-15/h10-12,14,18H,2-4,7-9H2,1H3. The minimum Gasteiger partial charge on any atom is -0.384 e. The Balaban J connectivity index is 2.26. The number of aliphatic hydroxyl groups is 1. The Hall–Kier alpha value is -1.42. The molecule has 0 saturated heterocycles. The van der Waals surface area contributed by atoms with Crippen molar-refractivity contribution in [2.24, 2.45) is 0 Å². The highest BCUT2D eigenvalue weighted by Gasteiger charge is 2.29. The van der Waals surface area contributed by atoms with Crippen molar-refractivity contribution < 1.29 is 13.5 Å². The van der Waals surface area contributed by atoms with Crippen molar-refractivity contribution in [3.05, 3.63) is 24.0 Å². The van der Waals surface area contributed by atoms with Crippen LogP contribution in [-0.4, -0.2) is 42.5 Å². The van der Waals surface area contributed by atoms with Crippen molar-refractivity contribution in [2.75, 3.05) is 13.7 Å². The van der Waals surface area contributed by atoms with E-state index in [1.165, 1.54) is 29.2 Å². The number of pyridine rings is 1. The van der Waals surface area contributed by atoms with E-state index in [0.717, 1.165) is 25.7 Å². The van der Waals surface area contributed by atoms with Crippen molar-refractivity contribution in [1.82, 2.24) is 9.29 Å². The Labute approximate surface area is 126 Å². The fraction of sp³-hybridized carbons (Fsp3) is 0.533. The zero-order valence-electron chi connectivity index (χ0n) is 12.1. The van der Waals surface area contributed by atoms with Crippen LogP contribution in [0.4, 0.5) is 0 Å². The van der Waals surface area contributed by atoms with Crippen LogP contribution in [0.15, 0.2) is 23.4 Å². The molecule has 1 fully saturated rings. The lowest BCUT2D eigenvalue weighted by Crippen LogP contribution is -2.38. The van der Waals surface area contributed by atoms with E-state index in [-0.39, 0.29) is 17.5 Å². The average molecular weight is 308 g/mol. The molecule has 0 aromatic carbocycles. The van der Waals surface area contributed by atoms with Gasteiger partial charge in [-0.25, -0.2) is 8.42 Å². The summed E-state index contributed by atoms with van der Waals surface area (Å²) in [6.45, 7) is -0.265. The van der Waals surface area contributed by atoms with Gasteiger partial charge in [0.15, 0.2) is 0 Å². The summed E-state index contributed by atoms with van der Waals surface area (Å²) in [5, 5.41) is 8.69. The van der Waals surface area contributed by atoms with Gasteiger partial charge in [0.25, 0.3) is 0 Å². The van der Waals surface area contributed by atoms with Crippen LogP contribution in [0.25, 0.3) is 0 Å². The van der Waals surface area contributed by atoms with Gasteiger partial charge in [-0.2, -0.15) is 4.31 Å². The van der Waals surface area contributed by atoms with Gasteiger partial charge in [-0.05, 0) is 18.9 Å². The second-order valence-electron chi connectivity index (χ2n) is 5.18. The summed E-state index contributed by atoms with van der Waals surface area (Å²) in [6, 6.07) is 1.57. The molecule has 0 spiro atoms. The molecule has 21 heavy (non-hydrogen) atoms. The van der Waals surface area contributed by atoms with Gasteiger partial charge in [-0.1, -0.05) is 31.1 Å². The van der Waals surface area contributed by atoms with Crippen LogP contribution >= 0.6 is 0 Å². The second-order valence-corrected chi connectivity index (χ2v) is 7.18. The van der Waals surface area contributed by atoms with Gasteiger partial charge in [0.1, 0.15) is 11.5 Å². The molecule has 1 saturated carbocycles. The predicted molar refractivity (Wildman–Crippen MR) is 80.0 cm³/mol. The van der Waals surface area contributed by atoms with Gasteiger partial charge in [-0.15, -0.1) is 0 Å². The monoisotopic (exact) mass is 308 g/mol. The minimum atomic E-state index is -3.55. The van der Waals surface area contributed by atoms with Crippen LogP contribution in [0.5, 0.6) is 0 Å². The molecule has 0 unspecified atom stereocenters. The molecule has 0 bridgehead atoms. The molecule has 0 radical (unpaired) electrons. The van der Waals surface area contributed by atoms with Crippen LogP contribution in [0.3, 0.4) is 0 Å². The van der Waals surface area contributed by atoms with E-state index in [1.807, 2.05) is 0 Å². The molecular formula is C15H20N2O3S. The summed E-state index contributed by atoms with van der Waals surface area (Å²) in [5.41, 5.74) is 0.488. The number of sulfonamides is 1. The number of rotatable bonds is 3. The van der Waals surface area contributed by atoms with Crippen molar-refractivity contribution in [2.45, 2.75) is 43.0 Å². The minimum absolute atomic E-state index is 0.0657. The fourth-order valence-corrected chi connectivity index (χ4v) is 3.98. The van der Waals surface area contributed by atoms with Gasteiger partial charge >= 0.3 is 0 Å². The summed E-state index contributed by atoms with van der Waals surface area (Å²) in [7, 11) is -1.91. The largest absolute Gasteiger partial charge is 0.384 e. The molecule has 1 aromatic heterocycles. The molecule has 1 aromatic rings. The summed E-state index contributed by atoms with van der Waals surface area (Å²) in [5.74, 6) is 5.17. The molecule has 114 valence electrons. The quantitative estimate of drug-likeness (QED) is 0.856. The highest BCUT2D eigenvalue weighted by Crippen LogP contribution is 2.26. The first-order valence-corrected chi connectivity index (χ1v) is 8.52. The molecule has 0 atom stereocenters. The maximum atomic E-state index is 12.6. The van der Waals surface area contributed by atoms with Gasteiger partial charge in [0.2, 0.25) is 10.0 Å². The van der Waals surface area contributed by atoms with E-state index in [1.54, 1.807) is 7.05 Å². The van der Waals surface area contributed by atoms with Gasteiger partial charge in [0, 0.05) is 31.0 Å². The molecule has 0 aliphatic heterocycles. The highest BCUT2D eigenvalue weighted by atomic mass is 32.2. The molecule has 5 nitrogen and oxygen atoms in total. The molecule has 1 N–H and O–H groups in total. The van der Waals surface area contributed by atoms with Gasteiger partial charge in [-0.3, -0.25) is 4.98 Å². The lowest BCUT2D eigenvalue weighted by molar-refractivity contribution is 0.286. The van der Waals surface area contributed by atoms with Crippen LogP contribution in [0, 0.1) is 11.8 Å². The third kappa shape index (κ3) is 3.82. The van der Waals surface area contributed by atoms with Crippen molar-refractivity contribution >= 4 is 10.0 Å². The number of nitrogens with zero attached hydrogens (tertiary/aromatic N) is 2. The summed E-state index contributed by atoms with van der Waals surface area (Å²) >= 11 is 0. The highest BCUT2D eigenvalue weighted by molar-refractivity contribution is 7.89. The molecular weight excluding hydrogens is 288 g/mol. The van der Waals surface area contributed by atoms with Crippen LogP contribution in [-0.2, 0) is 10.0 Å². The van der Waals surface area contributed by atoms with Gasteiger partial charge in [0.05, 0.1) is 0 Å². The number of aliphatic hydroxyl groups excluding tert-OH is 1. The third-order valence-corrected chi connectivity index (χ3v) is 5.67. The molecule has 1 heterocycles. The van der Waals surface area contributed by atoms with Crippen LogP contribution < -0.4 is 0 Å². The normalized spacial score (nSPS) is 16.5. The second kappa shape index (κ2) is 7.03. The van der Waals surface area contributed by atoms with E-state index in [9.17, 15) is 8.42 Å². The number of hydrogen-bond donors (Lipinski definition) is 1. The Bertz CT molecular complexity index is 640. The van der Waals surface area contributed by atoms with E-state index in [2.05, 4.69) is 16.8 Å². The SMILES string of the molecule is CN(C1CCCCC1)S(=O)(=O)c1cncc(C#CCO)c1. The smallest absolute Gasteiger partial charge is 0.244 e. The van der Waals surface area contributed by atoms with Crippen molar-refractivity contribution in [3.63, 3.8) is 0 Å². The van der Waals surface area contributed by atoms with Crippen molar-refractivity contribution in [3.8, 4) is 11.8 Å². The first-order chi connectivity index (χ1) is 10.1. The lowest BCUT2D eigenvalue weighted by Gasteiger charge is -2.30. The molecule has 0 amide bonds. The molecule has 2 rings (SSSR count). The first kappa shape index (κ1) is 16.0. The van der Waals surface area contributed by atoms with Crippen LogP contribution in [0.2, 0.25) is 0 Å². The maximum Gasteiger partial charge on any atom is 0.244 e. The summed E-state index contributed by atoms with van der Waals surface area (Å²) in [6.07, 6.45) is 7.98. The number of hydrogen-bond acceptors (Lipinski definition) is 4.